The minimum atomic E-state index is -0.168. The summed E-state index contributed by atoms with van der Waals surface area (Å²) in [5.74, 6) is 1.51. The van der Waals surface area contributed by atoms with Crippen LogP contribution in [0.15, 0.2) is 51.7 Å². The summed E-state index contributed by atoms with van der Waals surface area (Å²) in [6.45, 7) is 4.27. The van der Waals surface area contributed by atoms with Gasteiger partial charge in [-0.05, 0) is 50.0 Å². The SMILES string of the molecule is Cc1cc(=O)cc(C(=O)N2C[C@@H]3C[C@H](C2)[C@@H]2CCC[C@H](c4ccccc4)N2C3)o1. The summed E-state index contributed by atoms with van der Waals surface area (Å²) in [5, 5.41) is 0. The Labute approximate surface area is 171 Å². The summed E-state index contributed by atoms with van der Waals surface area (Å²) in [6.07, 6.45) is 4.87. The third kappa shape index (κ3) is 3.52. The van der Waals surface area contributed by atoms with Crippen molar-refractivity contribution in [3.8, 4) is 0 Å². The minimum absolute atomic E-state index is 0.135. The van der Waals surface area contributed by atoms with Gasteiger partial charge in [0.2, 0.25) is 0 Å². The van der Waals surface area contributed by atoms with Gasteiger partial charge in [0.1, 0.15) is 5.76 Å². The third-order valence-corrected chi connectivity index (χ3v) is 6.96. The molecule has 152 valence electrons. The molecule has 1 amide bonds. The Morgan fingerprint density at radius 3 is 2.69 bits per heavy atom. The van der Waals surface area contributed by atoms with Crippen molar-refractivity contribution in [2.45, 2.75) is 44.7 Å². The molecule has 1 aromatic carbocycles. The number of benzene rings is 1. The van der Waals surface area contributed by atoms with Crippen molar-refractivity contribution in [1.82, 2.24) is 9.80 Å². The molecule has 0 radical (unpaired) electrons. The van der Waals surface area contributed by atoms with E-state index < -0.39 is 0 Å². The second kappa shape index (κ2) is 7.45. The van der Waals surface area contributed by atoms with Crippen molar-refractivity contribution in [2.24, 2.45) is 11.8 Å². The van der Waals surface area contributed by atoms with Gasteiger partial charge in [0.25, 0.3) is 5.91 Å². The number of carbonyl (C=O) groups excluding carboxylic acids is 1. The van der Waals surface area contributed by atoms with E-state index in [4.69, 9.17) is 4.42 Å². The van der Waals surface area contributed by atoms with E-state index in [0.29, 0.717) is 29.7 Å². The highest BCUT2D eigenvalue weighted by Crippen LogP contribution is 2.44. The van der Waals surface area contributed by atoms with Gasteiger partial charge < -0.3 is 9.32 Å². The van der Waals surface area contributed by atoms with Crippen LogP contribution in [0.5, 0.6) is 0 Å². The molecular formula is C24H28N2O3. The van der Waals surface area contributed by atoms with Crippen molar-refractivity contribution >= 4 is 5.91 Å². The molecule has 2 aromatic rings. The molecule has 4 atom stereocenters. The second-order valence-corrected chi connectivity index (χ2v) is 8.96. The van der Waals surface area contributed by atoms with Gasteiger partial charge in [0, 0.05) is 43.9 Å². The average molecular weight is 392 g/mol. The molecule has 4 heterocycles. The number of carbonyl (C=O) groups is 1. The molecule has 0 aliphatic carbocycles. The molecule has 29 heavy (non-hydrogen) atoms. The van der Waals surface area contributed by atoms with Crippen LogP contribution in [0.25, 0.3) is 0 Å². The maximum absolute atomic E-state index is 13.1. The zero-order chi connectivity index (χ0) is 20.0. The minimum Gasteiger partial charge on any atom is -0.456 e. The molecule has 0 N–H and O–H groups in total. The van der Waals surface area contributed by atoms with Gasteiger partial charge in [-0.2, -0.15) is 0 Å². The van der Waals surface area contributed by atoms with Gasteiger partial charge in [-0.15, -0.1) is 0 Å². The first-order chi connectivity index (χ1) is 14.1. The van der Waals surface area contributed by atoms with E-state index in [9.17, 15) is 9.59 Å². The van der Waals surface area contributed by atoms with E-state index in [-0.39, 0.29) is 17.1 Å². The normalized spacial score (nSPS) is 29.3. The van der Waals surface area contributed by atoms with Crippen molar-refractivity contribution in [1.29, 1.82) is 0 Å². The zero-order valence-corrected chi connectivity index (χ0v) is 16.9. The number of likely N-dealkylation sites (tertiary alicyclic amines) is 1. The van der Waals surface area contributed by atoms with Crippen molar-refractivity contribution < 1.29 is 9.21 Å². The van der Waals surface area contributed by atoms with Crippen LogP contribution in [0.3, 0.4) is 0 Å². The molecule has 5 nitrogen and oxygen atoms in total. The number of rotatable bonds is 2. The molecule has 0 unspecified atom stereocenters. The van der Waals surface area contributed by atoms with Crippen molar-refractivity contribution in [3.63, 3.8) is 0 Å². The fourth-order valence-corrected chi connectivity index (χ4v) is 5.87. The number of hydrogen-bond acceptors (Lipinski definition) is 4. The summed E-state index contributed by atoms with van der Waals surface area (Å²) in [4.78, 5) is 29.5. The first kappa shape index (κ1) is 18.6. The Morgan fingerprint density at radius 2 is 1.90 bits per heavy atom. The highest BCUT2D eigenvalue weighted by Gasteiger charge is 2.46. The Bertz CT molecular complexity index is 954. The van der Waals surface area contributed by atoms with Crippen LogP contribution in [0.2, 0.25) is 0 Å². The molecule has 0 spiro atoms. The van der Waals surface area contributed by atoms with Gasteiger partial charge in [-0.3, -0.25) is 14.5 Å². The lowest BCUT2D eigenvalue weighted by Crippen LogP contribution is -2.60. The Kier molecular flexibility index (Phi) is 4.78. The first-order valence-corrected chi connectivity index (χ1v) is 10.8. The largest absolute Gasteiger partial charge is 0.456 e. The molecule has 0 saturated carbocycles. The van der Waals surface area contributed by atoms with Gasteiger partial charge in [-0.1, -0.05) is 30.3 Å². The average Bonchev–Trinajstić information content (AvgIpc) is 2.72. The second-order valence-electron chi connectivity index (χ2n) is 8.96. The van der Waals surface area contributed by atoms with Gasteiger partial charge in [0.05, 0.1) is 0 Å². The van der Waals surface area contributed by atoms with E-state index >= 15 is 0 Å². The maximum atomic E-state index is 13.1. The van der Waals surface area contributed by atoms with E-state index in [1.807, 2.05) is 4.90 Å². The van der Waals surface area contributed by atoms with Crippen LogP contribution >= 0.6 is 0 Å². The van der Waals surface area contributed by atoms with Crippen LogP contribution in [-0.4, -0.2) is 41.4 Å². The highest BCUT2D eigenvalue weighted by atomic mass is 16.3. The fourth-order valence-electron chi connectivity index (χ4n) is 5.87. The molecule has 3 aliphatic heterocycles. The van der Waals surface area contributed by atoms with Crippen molar-refractivity contribution in [2.75, 3.05) is 19.6 Å². The smallest absolute Gasteiger partial charge is 0.289 e. The van der Waals surface area contributed by atoms with E-state index in [1.165, 1.54) is 43.4 Å². The lowest BCUT2D eigenvalue weighted by Gasteiger charge is -2.55. The quantitative estimate of drug-likeness (QED) is 0.783. The topological polar surface area (TPSA) is 53.8 Å². The van der Waals surface area contributed by atoms with Crippen molar-refractivity contribution in [3.05, 3.63) is 69.8 Å². The lowest BCUT2D eigenvalue weighted by molar-refractivity contribution is -0.0516. The predicted octanol–water partition coefficient (Wildman–Crippen LogP) is 3.64. The van der Waals surface area contributed by atoms with Crippen LogP contribution in [0.4, 0.5) is 0 Å². The molecule has 3 aliphatic rings. The zero-order valence-electron chi connectivity index (χ0n) is 16.9. The maximum Gasteiger partial charge on any atom is 0.289 e. The summed E-state index contributed by atoms with van der Waals surface area (Å²) in [6, 6.07) is 14.7. The number of aryl methyl sites for hydroxylation is 1. The molecule has 5 heteroatoms. The van der Waals surface area contributed by atoms with Crippen LogP contribution < -0.4 is 5.43 Å². The number of nitrogens with zero attached hydrogens (tertiary/aromatic N) is 2. The Hall–Kier alpha value is -2.40. The fraction of sp³-hybridized carbons (Fsp3) is 0.500. The number of piperidine rings is 3. The summed E-state index contributed by atoms with van der Waals surface area (Å²) >= 11 is 0. The Balaban J connectivity index is 1.37. The third-order valence-electron chi connectivity index (χ3n) is 6.96. The van der Waals surface area contributed by atoms with Gasteiger partial charge >= 0.3 is 0 Å². The molecular weight excluding hydrogens is 364 g/mol. The first-order valence-electron chi connectivity index (χ1n) is 10.8. The number of amides is 1. The molecule has 5 rings (SSSR count). The molecule has 1 aromatic heterocycles. The van der Waals surface area contributed by atoms with Gasteiger partial charge in [-0.25, -0.2) is 0 Å². The monoisotopic (exact) mass is 392 g/mol. The summed E-state index contributed by atoms with van der Waals surface area (Å²) < 4.78 is 5.58. The lowest BCUT2D eigenvalue weighted by atomic mass is 9.74. The van der Waals surface area contributed by atoms with E-state index in [1.54, 1.807) is 6.92 Å². The summed E-state index contributed by atoms with van der Waals surface area (Å²) in [5.41, 5.74) is 1.25. The molecule has 2 bridgehead atoms. The van der Waals surface area contributed by atoms with Crippen LogP contribution in [-0.2, 0) is 0 Å². The summed E-state index contributed by atoms with van der Waals surface area (Å²) in [7, 11) is 0. The van der Waals surface area contributed by atoms with E-state index in [0.717, 1.165) is 19.6 Å². The molecule has 3 fully saturated rings. The number of fused-ring (bicyclic) bond motifs is 4. The predicted molar refractivity (Wildman–Crippen MR) is 111 cm³/mol. The Morgan fingerprint density at radius 1 is 1.07 bits per heavy atom. The van der Waals surface area contributed by atoms with Crippen LogP contribution in [0, 0.1) is 18.8 Å². The number of hydrogen-bond donors (Lipinski definition) is 0. The highest BCUT2D eigenvalue weighted by molar-refractivity contribution is 5.91. The van der Waals surface area contributed by atoms with Gasteiger partial charge in [0.15, 0.2) is 11.2 Å². The van der Waals surface area contributed by atoms with Crippen LogP contribution in [0.1, 0.15) is 53.6 Å². The standard InChI is InChI=1S/C24H28N2O3/c1-16-10-20(27)12-23(29-16)24(28)25-13-17-11-19(15-25)22-9-5-8-21(26(22)14-17)18-6-3-2-4-7-18/h2-4,6-7,10,12,17,19,21-22H,5,8-9,11,13-15H2,1H3/t17-,19+,21+,22-/m0/s1. The van der Waals surface area contributed by atoms with E-state index in [2.05, 4.69) is 35.2 Å². The molecule has 3 saturated heterocycles.